The average molecular weight is 761 g/mol. The Hall–Kier alpha value is -1.85. The summed E-state index contributed by atoms with van der Waals surface area (Å²) in [6.45, 7) is 4.42. The number of hydrogen-bond donors (Lipinski definition) is 4. The molecule has 0 rings (SSSR count). The zero-order chi connectivity index (χ0) is 38.7. The molecule has 0 aliphatic carbocycles. The molecule has 304 valence electrons. The van der Waals surface area contributed by atoms with Crippen LogP contribution in [0.1, 0.15) is 156 Å². The lowest BCUT2D eigenvalue weighted by Crippen LogP contribution is -2.29. The summed E-state index contributed by atoms with van der Waals surface area (Å²) < 4.78 is 32.6. The number of esters is 2. The molecule has 0 amide bonds. The van der Waals surface area contributed by atoms with Crippen molar-refractivity contribution in [3.05, 3.63) is 36.5 Å². The molecule has 4 N–H and O–H groups in total. The lowest BCUT2D eigenvalue weighted by molar-refractivity contribution is -0.161. The third kappa shape index (κ3) is 35.2. The van der Waals surface area contributed by atoms with Gasteiger partial charge in [0.25, 0.3) is 0 Å². The summed E-state index contributed by atoms with van der Waals surface area (Å²) in [5.41, 5.74) is 0. The fourth-order valence-corrected chi connectivity index (χ4v) is 6.03. The standard InChI is InChI=1S/C40H73O11P/c1-4-5-6-7-12-17-22-27-36(42)28-23-18-15-20-24-29-39(44)48-33-38(34-50-52(46,47)49-32-37(43)31-41)51-40(45)30-25-19-14-11-9-8-10-13-16-21-26-35(2)3/h5-6,12,17,22,27,35-38,41-43H,4,7-11,13-16,18-21,23-26,28-34H2,1-3H3,(H,46,47)/b6-5+,17-12+,27-22+/t36?,37-,38+/m0/s1. The fraction of sp³-hybridized carbons (Fsp3) is 0.800. The summed E-state index contributed by atoms with van der Waals surface area (Å²) in [7, 11) is -4.63. The maximum absolute atomic E-state index is 12.6. The second kappa shape index (κ2) is 34.9. The summed E-state index contributed by atoms with van der Waals surface area (Å²) in [5.74, 6) is -0.225. The molecular weight excluding hydrogens is 687 g/mol. The summed E-state index contributed by atoms with van der Waals surface area (Å²) in [6.07, 6.45) is 28.6. The first kappa shape index (κ1) is 50.1. The van der Waals surface area contributed by atoms with Crippen molar-refractivity contribution in [2.45, 2.75) is 174 Å². The molecule has 0 radical (unpaired) electrons. The molecule has 52 heavy (non-hydrogen) atoms. The van der Waals surface area contributed by atoms with Gasteiger partial charge in [-0.15, -0.1) is 0 Å². The van der Waals surface area contributed by atoms with E-state index in [4.69, 9.17) is 19.1 Å². The van der Waals surface area contributed by atoms with E-state index in [0.717, 1.165) is 63.7 Å². The van der Waals surface area contributed by atoms with E-state index < -0.39 is 57.9 Å². The topological polar surface area (TPSA) is 169 Å². The van der Waals surface area contributed by atoms with E-state index in [2.05, 4.69) is 37.4 Å². The van der Waals surface area contributed by atoms with Gasteiger partial charge in [-0.25, -0.2) is 4.57 Å². The van der Waals surface area contributed by atoms with Crippen molar-refractivity contribution in [1.82, 2.24) is 0 Å². The Morgan fingerprint density at radius 3 is 1.79 bits per heavy atom. The van der Waals surface area contributed by atoms with E-state index in [9.17, 15) is 29.3 Å². The number of phosphoric acid groups is 1. The first-order chi connectivity index (χ1) is 25.0. The molecule has 0 saturated heterocycles. The van der Waals surface area contributed by atoms with Crippen LogP contribution in [0.2, 0.25) is 0 Å². The molecule has 0 aromatic heterocycles. The number of unbranched alkanes of at least 4 members (excludes halogenated alkanes) is 13. The first-order valence-corrected chi connectivity index (χ1v) is 21.4. The number of carbonyl (C=O) groups excluding carboxylic acids is 2. The van der Waals surface area contributed by atoms with E-state index in [1.165, 1.54) is 44.9 Å². The molecule has 0 aromatic carbocycles. The predicted octanol–water partition coefficient (Wildman–Crippen LogP) is 8.83. The zero-order valence-corrected chi connectivity index (χ0v) is 33.4. The van der Waals surface area contributed by atoms with Crippen LogP contribution in [0.4, 0.5) is 0 Å². The monoisotopic (exact) mass is 760 g/mol. The normalized spacial score (nSPS) is 15.1. The van der Waals surface area contributed by atoms with Crippen LogP contribution in [0.15, 0.2) is 36.5 Å². The van der Waals surface area contributed by atoms with Crippen molar-refractivity contribution in [1.29, 1.82) is 0 Å². The molecule has 11 nitrogen and oxygen atoms in total. The minimum absolute atomic E-state index is 0.164. The van der Waals surface area contributed by atoms with E-state index in [1.54, 1.807) is 6.08 Å². The summed E-state index contributed by atoms with van der Waals surface area (Å²) in [5, 5.41) is 28.4. The number of carbonyl (C=O) groups is 2. The highest BCUT2D eigenvalue weighted by Gasteiger charge is 2.27. The number of aliphatic hydroxyl groups excluding tert-OH is 3. The van der Waals surface area contributed by atoms with Gasteiger partial charge in [0.1, 0.15) is 12.7 Å². The molecule has 0 aromatic rings. The second-order valence-electron chi connectivity index (χ2n) is 14.0. The quantitative estimate of drug-likeness (QED) is 0.0158. The van der Waals surface area contributed by atoms with E-state index in [0.29, 0.717) is 19.3 Å². The Balaban J connectivity index is 4.43. The van der Waals surface area contributed by atoms with Gasteiger partial charge in [-0.3, -0.25) is 18.6 Å². The highest BCUT2D eigenvalue weighted by atomic mass is 31.2. The van der Waals surface area contributed by atoms with E-state index >= 15 is 0 Å². The minimum atomic E-state index is -4.63. The van der Waals surface area contributed by atoms with Crippen molar-refractivity contribution >= 4 is 19.8 Å². The first-order valence-electron chi connectivity index (χ1n) is 19.9. The Morgan fingerprint density at radius 2 is 1.21 bits per heavy atom. The third-order valence-corrected chi connectivity index (χ3v) is 9.29. The van der Waals surface area contributed by atoms with Gasteiger partial charge in [0, 0.05) is 12.8 Å². The fourth-order valence-electron chi connectivity index (χ4n) is 5.24. The Labute approximate surface area is 314 Å². The van der Waals surface area contributed by atoms with Crippen LogP contribution in [0.25, 0.3) is 0 Å². The molecule has 4 atom stereocenters. The Morgan fingerprint density at radius 1 is 0.673 bits per heavy atom. The number of hydrogen-bond acceptors (Lipinski definition) is 10. The lowest BCUT2D eigenvalue weighted by atomic mass is 10.0. The summed E-state index contributed by atoms with van der Waals surface area (Å²) in [6, 6.07) is 0. The average Bonchev–Trinajstić information content (AvgIpc) is 3.11. The minimum Gasteiger partial charge on any atom is -0.462 e. The smallest absolute Gasteiger partial charge is 0.462 e. The van der Waals surface area contributed by atoms with Crippen LogP contribution in [0, 0.1) is 5.92 Å². The molecule has 0 saturated carbocycles. The summed E-state index contributed by atoms with van der Waals surface area (Å²) in [4.78, 5) is 34.9. The number of allylic oxidation sites excluding steroid dienone is 5. The van der Waals surface area contributed by atoms with Crippen molar-refractivity contribution in [3.63, 3.8) is 0 Å². The molecule has 0 bridgehead atoms. The second-order valence-corrected chi connectivity index (χ2v) is 15.4. The van der Waals surface area contributed by atoms with Crippen LogP contribution >= 0.6 is 7.82 Å². The molecule has 0 aliphatic rings. The number of aliphatic hydroxyl groups is 3. The van der Waals surface area contributed by atoms with Crippen LogP contribution in [0.5, 0.6) is 0 Å². The van der Waals surface area contributed by atoms with Gasteiger partial charge in [-0.1, -0.05) is 147 Å². The van der Waals surface area contributed by atoms with Crippen LogP contribution in [0.3, 0.4) is 0 Å². The highest BCUT2D eigenvalue weighted by Crippen LogP contribution is 2.43. The third-order valence-electron chi connectivity index (χ3n) is 8.34. The largest absolute Gasteiger partial charge is 0.472 e. The highest BCUT2D eigenvalue weighted by molar-refractivity contribution is 7.47. The molecule has 2 unspecified atom stereocenters. The number of rotatable bonds is 36. The van der Waals surface area contributed by atoms with Crippen molar-refractivity contribution in [3.8, 4) is 0 Å². The molecule has 0 fully saturated rings. The Kier molecular flexibility index (Phi) is 33.6. The number of phosphoric ester groups is 1. The Bertz CT molecular complexity index is 998. The molecule has 0 spiro atoms. The van der Waals surface area contributed by atoms with Gasteiger partial charge in [0.15, 0.2) is 6.10 Å². The molecule has 12 heteroatoms. The maximum Gasteiger partial charge on any atom is 0.472 e. The van der Waals surface area contributed by atoms with Gasteiger partial charge in [-0.2, -0.15) is 0 Å². The molecule has 0 heterocycles. The van der Waals surface area contributed by atoms with Crippen molar-refractivity contribution in [2.24, 2.45) is 5.92 Å². The molecule has 0 aliphatic heterocycles. The predicted molar refractivity (Wildman–Crippen MR) is 207 cm³/mol. The van der Waals surface area contributed by atoms with Gasteiger partial charge in [0.05, 0.1) is 25.9 Å². The van der Waals surface area contributed by atoms with Crippen molar-refractivity contribution in [2.75, 3.05) is 26.4 Å². The van der Waals surface area contributed by atoms with Crippen LogP contribution < -0.4 is 0 Å². The SMILES string of the molecule is CC/C=C/C/C=C/C=C/C(O)CCCCCCCC(=O)OC[C@H](COP(=O)(O)OC[C@@H](O)CO)OC(=O)CCCCCCCCCCCCC(C)C. The molecular formula is C40H73O11P. The maximum atomic E-state index is 12.6. The van der Waals surface area contributed by atoms with E-state index in [1.807, 2.05) is 18.2 Å². The zero-order valence-electron chi connectivity index (χ0n) is 32.5. The van der Waals surface area contributed by atoms with Gasteiger partial charge < -0.3 is 29.7 Å². The van der Waals surface area contributed by atoms with Crippen LogP contribution in [-0.4, -0.2) is 76.9 Å². The van der Waals surface area contributed by atoms with E-state index in [-0.39, 0.29) is 19.4 Å². The summed E-state index contributed by atoms with van der Waals surface area (Å²) >= 11 is 0. The van der Waals surface area contributed by atoms with Crippen LogP contribution in [-0.2, 0) is 32.7 Å². The number of ether oxygens (including phenoxy) is 2. The van der Waals surface area contributed by atoms with Crippen molar-refractivity contribution < 1.29 is 52.9 Å². The van der Waals surface area contributed by atoms with Gasteiger partial charge in [0.2, 0.25) is 0 Å². The lowest BCUT2D eigenvalue weighted by Gasteiger charge is -2.20. The van der Waals surface area contributed by atoms with Gasteiger partial charge >= 0.3 is 19.8 Å². The van der Waals surface area contributed by atoms with Gasteiger partial charge in [-0.05, 0) is 38.0 Å².